The topological polar surface area (TPSA) is 70.2 Å². The third-order valence-electron chi connectivity index (χ3n) is 4.65. The molecule has 2 aromatic heterocycles. The second-order valence-electron chi connectivity index (χ2n) is 6.62. The molecule has 1 aliphatic rings. The number of aryl methyl sites for hydroxylation is 1. The van der Waals surface area contributed by atoms with Crippen molar-refractivity contribution >= 4 is 28.3 Å². The zero-order valence-corrected chi connectivity index (χ0v) is 15.6. The van der Waals surface area contributed by atoms with Crippen LogP contribution in [0.1, 0.15) is 29.8 Å². The van der Waals surface area contributed by atoms with Crippen LogP contribution in [0.3, 0.4) is 0 Å². The minimum absolute atomic E-state index is 0.0182. The van der Waals surface area contributed by atoms with Gasteiger partial charge in [0.15, 0.2) is 0 Å². The zero-order chi connectivity index (χ0) is 17.9. The smallest absolute Gasteiger partial charge is 0.317 e. The molecular weight excluding hydrogens is 348 g/mol. The fourth-order valence-electron chi connectivity index (χ4n) is 3.25. The Bertz CT molecular complexity index is 898. The number of hydrogen-bond acceptors (Lipinski definition) is 4. The number of aromatic amines is 1. The quantitative estimate of drug-likeness (QED) is 0.717. The Balaban J connectivity index is 1.43. The van der Waals surface area contributed by atoms with E-state index in [1.54, 1.807) is 11.3 Å². The van der Waals surface area contributed by atoms with E-state index in [9.17, 15) is 4.79 Å². The number of nitrogens with one attached hydrogen (secondary N) is 2. The second-order valence-corrected chi connectivity index (χ2v) is 7.34. The molecule has 26 heavy (non-hydrogen) atoms. The Labute approximate surface area is 156 Å². The molecule has 2 amide bonds. The maximum Gasteiger partial charge on any atom is 0.317 e. The minimum Gasteiger partial charge on any atom is -0.487 e. The van der Waals surface area contributed by atoms with E-state index in [2.05, 4.69) is 27.4 Å². The summed E-state index contributed by atoms with van der Waals surface area (Å²) in [6, 6.07) is 6.22. The number of amides is 2. The summed E-state index contributed by atoms with van der Waals surface area (Å²) in [7, 11) is 0. The lowest BCUT2D eigenvalue weighted by molar-refractivity contribution is 0.208. The second kappa shape index (κ2) is 7.37. The SMILES string of the molecule is Cc1cc2cc(CNC(=O)N3CCCC3)[nH]c2cc1OCc1cscn1. The Hall–Kier alpha value is -2.54. The number of ether oxygens (including phenoxy) is 1. The Kier molecular flexibility index (Phi) is 4.79. The van der Waals surface area contributed by atoms with Crippen LogP contribution in [0.5, 0.6) is 5.75 Å². The minimum atomic E-state index is 0.0182. The van der Waals surface area contributed by atoms with E-state index in [4.69, 9.17) is 4.74 Å². The van der Waals surface area contributed by atoms with E-state index in [0.717, 1.165) is 59.5 Å². The average Bonchev–Trinajstić information content (AvgIpc) is 3.38. The van der Waals surface area contributed by atoms with Gasteiger partial charge in [0.25, 0.3) is 0 Å². The first-order chi connectivity index (χ1) is 12.7. The summed E-state index contributed by atoms with van der Waals surface area (Å²) in [5, 5.41) is 6.10. The first kappa shape index (κ1) is 16.9. The van der Waals surface area contributed by atoms with Crippen molar-refractivity contribution in [1.82, 2.24) is 20.2 Å². The van der Waals surface area contributed by atoms with E-state index in [1.165, 1.54) is 0 Å². The lowest BCUT2D eigenvalue weighted by atomic mass is 10.1. The number of likely N-dealkylation sites (tertiary alicyclic amines) is 1. The van der Waals surface area contributed by atoms with Crippen molar-refractivity contribution in [1.29, 1.82) is 0 Å². The summed E-state index contributed by atoms with van der Waals surface area (Å²) in [6.07, 6.45) is 2.20. The molecule has 0 spiro atoms. The summed E-state index contributed by atoms with van der Waals surface area (Å²) in [5.41, 5.74) is 5.83. The van der Waals surface area contributed by atoms with Crippen molar-refractivity contribution in [2.75, 3.05) is 13.1 Å². The maximum atomic E-state index is 12.1. The number of hydrogen-bond donors (Lipinski definition) is 2. The van der Waals surface area contributed by atoms with Crippen molar-refractivity contribution in [3.05, 3.63) is 46.0 Å². The summed E-state index contributed by atoms with van der Waals surface area (Å²) in [6.45, 7) is 4.72. The van der Waals surface area contributed by atoms with Gasteiger partial charge in [-0.05, 0) is 37.5 Å². The number of urea groups is 1. The number of carbonyl (C=O) groups excluding carboxylic acids is 1. The number of H-pyrrole nitrogens is 1. The van der Waals surface area contributed by atoms with Gasteiger partial charge in [0.05, 0.1) is 17.7 Å². The summed E-state index contributed by atoms with van der Waals surface area (Å²) >= 11 is 1.57. The third kappa shape index (κ3) is 3.67. The van der Waals surface area contributed by atoms with Crippen LogP contribution in [0.4, 0.5) is 4.79 Å². The molecule has 0 atom stereocenters. The molecule has 0 saturated carbocycles. The Morgan fingerprint density at radius 3 is 2.96 bits per heavy atom. The normalized spacial score (nSPS) is 14.1. The first-order valence-electron chi connectivity index (χ1n) is 8.84. The molecule has 1 aliphatic heterocycles. The molecule has 1 fully saturated rings. The summed E-state index contributed by atoms with van der Waals surface area (Å²) in [4.78, 5) is 21.6. The van der Waals surface area contributed by atoms with Crippen LogP contribution in [-0.2, 0) is 13.2 Å². The van der Waals surface area contributed by atoms with Crippen LogP contribution in [0, 0.1) is 6.92 Å². The molecule has 1 saturated heterocycles. The largest absolute Gasteiger partial charge is 0.487 e. The van der Waals surface area contributed by atoms with E-state index in [1.807, 2.05) is 28.8 Å². The number of aromatic nitrogens is 2. The molecule has 0 radical (unpaired) electrons. The number of carbonyl (C=O) groups is 1. The lowest BCUT2D eigenvalue weighted by Crippen LogP contribution is -2.37. The molecule has 6 nitrogen and oxygen atoms in total. The van der Waals surface area contributed by atoms with Gasteiger partial charge in [-0.15, -0.1) is 11.3 Å². The highest BCUT2D eigenvalue weighted by Gasteiger charge is 2.17. The van der Waals surface area contributed by atoms with Crippen LogP contribution in [-0.4, -0.2) is 34.0 Å². The van der Waals surface area contributed by atoms with Crippen molar-refractivity contribution in [3.8, 4) is 5.75 Å². The number of rotatable bonds is 5. The fraction of sp³-hybridized carbons (Fsp3) is 0.368. The van der Waals surface area contributed by atoms with Crippen LogP contribution < -0.4 is 10.1 Å². The van der Waals surface area contributed by atoms with Gasteiger partial charge in [0.1, 0.15) is 12.4 Å². The average molecular weight is 370 g/mol. The highest BCUT2D eigenvalue weighted by Crippen LogP contribution is 2.26. The van der Waals surface area contributed by atoms with E-state index >= 15 is 0 Å². The highest BCUT2D eigenvalue weighted by molar-refractivity contribution is 7.07. The number of nitrogens with zero attached hydrogens (tertiary/aromatic N) is 2. The van der Waals surface area contributed by atoms with Crippen LogP contribution in [0.25, 0.3) is 10.9 Å². The number of fused-ring (bicyclic) bond motifs is 1. The molecule has 7 heteroatoms. The third-order valence-corrected chi connectivity index (χ3v) is 5.29. The Morgan fingerprint density at radius 1 is 1.35 bits per heavy atom. The molecule has 1 aromatic carbocycles. The summed E-state index contributed by atoms with van der Waals surface area (Å²) in [5.74, 6) is 0.847. The number of benzene rings is 1. The lowest BCUT2D eigenvalue weighted by Gasteiger charge is -2.15. The first-order valence-corrected chi connectivity index (χ1v) is 9.78. The van der Waals surface area contributed by atoms with Crippen molar-refractivity contribution in [2.45, 2.75) is 32.9 Å². The molecule has 3 heterocycles. The van der Waals surface area contributed by atoms with Crippen LogP contribution in [0.15, 0.2) is 29.1 Å². The fourth-order valence-corrected chi connectivity index (χ4v) is 3.79. The molecule has 2 N–H and O–H groups in total. The van der Waals surface area contributed by atoms with Gasteiger partial charge in [-0.3, -0.25) is 0 Å². The maximum absolute atomic E-state index is 12.1. The molecule has 4 rings (SSSR count). The molecule has 0 unspecified atom stereocenters. The van der Waals surface area contributed by atoms with Gasteiger partial charge in [-0.25, -0.2) is 9.78 Å². The van der Waals surface area contributed by atoms with Gasteiger partial charge in [0.2, 0.25) is 0 Å². The highest BCUT2D eigenvalue weighted by atomic mass is 32.1. The van der Waals surface area contributed by atoms with Crippen LogP contribution >= 0.6 is 11.3 Å². The van der Waals surface area contributed by atoms with Gasteiger partial charge < -0.3 is 19.9 Å². The van der Waals surface area contributed by atoms with Gasteiger partial charge in [-0.2, -0.15) is 0 Å². The Morgan fingerprint density at radius 2 is 2.19 bits per heavy atom. The van der Waals surface area contributed by atoms with E-state index < -0.39 is 0 Å². The molecule has 0 bridgehead atoms. The zero-order valence-electron chi connectivity index (χ0n) is 14.7. The molecule has 0 aliphatic carbocycles. The standard InChI is InChI=1S/C19H22N4O2S/c1-13-6-14-7-15(9-20-19(24)23-4-2-3-5-23)22-17(14)8-18(13)25-10-16-11-26-12-21-16/h6-8,11-12,22H,2-5,9-10H2,1H3,(H,20,24). The van der Waals surface area contributed by atoms with Gasteiger partial charge >= 0.3 is 6.03 Å². The van der Waals surface area contributed by atoms with Gasteiger partial charge in [-0.1, -0.05) is 0 Å². The van der Waals surface area contributed by atoms with E-state index in [-0.39, 0.29) is 6.03 Å². The number of thiazole rings is 1. The van der Waals surface area contributed by atoms with Crippen molar-refractivity contribution in [3.63, 3.8) is 0 Å². The predicted octanol–water partition coefficient (Wildman–Crippen LogP) is 3.82. The van der Waals surface area contributed by atoms with Gasteiger partial charge in [0, 0.05) is 41.1 Å². The predicted molar refractivity (Wildman–Crippen MR) is 103 cm³/mol. The van der Waals surface area contributed by atoms with Crippen LogP contribution in [0.2, 0.25) is 0 Å². The molecule has 3 aromatic rings. The summed E-state index contributed by atoms with van der Waals surface area (Å²) < 4.78 is 5.91. The van der Waals surface area contributed by atoms with Crippen molar-refractivity contribution < 1.29 is 9.53 Å². The van der Waals surface area contributed by atoms with Crippen molar-refractivity contribution in [2.24, 2.45) is 0 Å². The monoisotopic (exact) mass is 370 g/mol. The molecular formula is C19H22N4O2S. The molecule has 136 valence electrons. The van der Waals surface area contributed by atoms with E-state index in [0.29, 0.717) is 13.2 Å².